The highest BCUT2D eigenvalue weighted by molar-refractivity contribution is 7.99. The standard InChI is InChI=1S/C23H28N2O5S2/c1-3-30-23(27)20(15-18-7-5-4-6-8-18)24-22(26)21-16-31-14-13-25(21)32(28,29)19-11-9-17(2)10-12-19/h4-12,20-21H,3,13-16H2,1-2H3,(H,24,26)/t20?,21-/m0/s1. The Balaban J connectivity index is 1.81. The van der Waals surface area contributed by atoms with E-state index in [4.69, 9.17) is 4.74 Å². The van der Waals surface area contributed by atoms with Gasteiger partial charge in [0.05, 0.1) is 11.5 Å². The minimum atomic E-state index is -3.86. The normalized spacial score (nSPS) is 18.0. The lowest BCUT2D eigenvalue weighted by Gasteiger charge is -2.34. The summed E-state index contributed by atoms with van der Waals surface area (Å²) in [7, 11) is -3.86. The summed E-state index contributed by atoms with van der Waals surface area (Å²) in [5.74, 6) is -0.124. The summed E-state index contributed by atoms with van der Waals surface area (Å²) in [6.45, 7) is 3.99. The molecule has 3 rings (SSSR count). The van der Waals surface area contributed by atoms with Gasteiger partial charge < -0.3 is 10.1 Å². The van der Waals surface area contributed by atoms with Gasteiger partial charge in [-0.1, -0.05) is 48.0 Å². The van der Waals surface area contributed by atoms with Gasteiger partial charge in [0.15, 0.2) is 0 Å². The zero-order valence-corrected chi connectivity index (χ0v) is 19.8. The maximum Gasteiger partial charge on any atom is 0.328 e. The molecule has 0 radical (unpaired) electrons. The van der Waals surface area contributed by atoms with Crippen molar-refractivity contribution in [3.8, 4) is 0 Å². The van der Waals surface area contributed by atoms with Gasteiger partial charge in [-0.2, -0.15) is 16.1 Å². The molecular weight excluding hydrogens is 448 g/mol. The molecule has 172 valence electrons. The minimum Gasteiger partial charge on any atom is -0.464 e. The summed E-state index contributed by atoms with van der Waals surface area (Å²) in [4.78, 5) is 25.9. The first-order valence-corrected chi connectivity index (χ1v) is 13.1. The van der Waals surface area contributed by atoms with E-state index in [1.54, 1.807) is 31.2 Å². The maximum atomic E-state index is 13.3. The Hall–Kier alpha value is -2.36. The van der Waals surface area contributed by atoms with Gasteiger partial charge >= 0.3 is 5.97 Å². The minimum absolute atomic E-state index is 0.152. The molecule has 0 bridgehead atoms. The molecule has 1 heterocycles. The average molecular weight is 477 g/mol. The van der Waals surface area contributed by atoms with Crippen molar-refractivity contribution in [3.63, 3.8) is 0 Å². The van der Waals surface area contributed by atoms with Gasteiger partial charge in [0, 0.05) is 24.5 Å². The molecule has 1 N–H and O–H groups in total. The molecule has 1 fully saturated rings. The number of sulfonamides is 1. The fraction of sp³-hybridized carbons (Fsp3) is 0.391. The molecular formula is C23H28N2O5S2. The molecule has 2 aromatic carbocycles. The van der Waals surface area contributed by atoms with Gasteiger partial charge in [-0.3, -0.25) is 4.79 Å². The third-order valence-electron chi connectivity index (χ3n) is 5.18. The largest absolute Gasteiger partial charge is 0.464 e. The fourth-order valence-electron chi connectivity index (χ4n) is 3.48. The quantitative estimate of drug-likeness (QED) is 0.588. The van der Waals surface area contributed by atoms with Gasteiger partial charge in [-0.15, -0.1) is 0 Å². The highest BCUT2D eigenvalue weighted by Crippen LogP contribution is 2.25. The van der Waals surface area contributed by atoms with Crippen LogP contribution < -0.4 is 5.32 Å². The van der Waals surface area contributed by atoms with E-state index in [1.165, 1.54) is 16.1 Å². The number of rotatable bonds is 8. The Morgan fingerprint density at radius 1 is 1.16 bits per heavy atom. The molecule has 32 heavy (non-hydrogen) atoms. The summed E-state index contributed by atoms with van der Waals surface area (Å²) in [6.07, 6.45) is 0.260. The Morgan fingerprint density at radius 3 is 2.50 bits per heavy atom. The Morgan fingerprint density at radius 2 is 1.84 bits per heavy atom. The van der Waals surface area contributed by atoms with Crippen molar-refractivity contribution in [1.82, 2.24) is 9.62 Å². The highest BCUT2D eigenvalue weighted by atomic mass is 32.2. The van der Waals surface area contributed by atoms with Crippen molar-refractivity contribution in [3.05, 3.63) is 65.7 Å². The van der Waals surface area contributed by atoms with Gasteiger partial charge in [-0.25, -0.2) is 13.2 Å². The van der Waals surface area contributed by atoms with Crippen molar-refractivity contribution >= 4 is 33.7 Å². The molecule has 0 saturated carbocycles. The van der Waals surface area contributed by atoms with Crippen molar-refractivity contribution in [2.24, 2.45) is 0 Å². The Kier molecular flexibility index (Phi) is 8.33. The first kappa shape index (κ1) is 24.3. The lowest BCUT2D eigenvalue weighted by Crippen LogP contribution is -2.57. The topological polar surface area (TPSA) is 92.8 Å². The molecule has 0 aliphatic carbocycles. The van der Waals surface area contributed by atoms with Gasteiger partial charge in [0.25, 0.3) is 0 Å². The van der Waals surface area contributed by atoms with Crippen LogP contribution in [0.3, 0.4) is 0 Å². The number of amides is 1. The number of aryl methyl sites for hydroxylation is 1. The Bertz CT molecular complexity index is 1030. The van der Waals surface area contributed by atoms with E-state index >= 15 is 0 Å². The molecule has 9 heteroatoms. The smallest absolute Gasteiger partial charge is 0.328 e. The molecule has 2 aromatic rings. The van der Waals surface area contributed by atoms with E-state index in [9.17, 15) is 18.0 Å². The van der Waals surface area contributed by atoms with Crippen molar-refractivity contribution in [2.75, 3.05) is 24.7 Å². The molecule has 2 atom stereocenters. The number of esters is 1. The number of hydrogen-bond acceptors (Lipinski definition) is 6. The molecule has 1 amide bonds. The van der Waals surface area contributed by atoms with Crippen molar-refractivity contribution < 1.29 is 22.7 Å². The highest BCUT2D eigenvalue weighted by Gasteiger charge is 2.39. The zero-order chi connectivity index (χ0) is 23.1. The van der Waals surface area contributed by atoms with E-state index in [0.29, 0.717) is 11.5 Å². The van der Waals surface area contributed by atoms with Crippen LogP contribution in [0.2, 0.25) is 0 Å². The van der Waals surface area contributed by atoms with E-state index in [2.05, 4.69) is 5.32 Å². The third-order valence-corrected chi connectivity index (χ3v) is 8.12. The first-order chi connectivity index (χ1) is 15.3. The van der Waals surface area contributed by atoms with Crippen LogP contribution in [-0.4, -0.2) is 61.3 Å². The van der Waals surface area contributed by atoms with Gasteiger partial charge in [-0.05, 0) is 31.5 Å². The van der Waals surface area contributed by atoms with Crippen LogP contribution in [0.5, 0.6) is 0 Å². The number of carbonyl (C=O) groups is 2. The SMILES string of the molecule is CCOC(=O)C(Cc1ccccc1)NC(=O)[C@@H]1CSCCN1S(=O)(=O)c1ccc(C)cc1. The summed E-state index contributed by atoms with van der Waals surface area (Å²) < 4.78 is 32.9. The summed E-state index contributed by atoms with van der Waals surface area (Å²) in [5.41, 5.74) is 1.82. The number of thioether (sulfide) groups is 1. The van der Waals surface area contributed by atoms with Crippen molar-refractivity contribution in [2.45, 2.75) is 37.2 Å². The van der Waals surface area contributed by atoms with E-state index in [1.807, 2.05) is 37.3 Å². The van der Waals surface area contributed by atoms with Crippen LogP contribution in [-0.2, 0) is 30.8 Å². The van der Waals surface area contributed by atoms with Crippen LogP contribution in [0.25, 0.3) is 0 Å². The Labute approximate surface area is 193 Å². The second-order valence-corrected chi connectivity index (χ2v) is 10.6. The molecule has 1 unspecified atom stereocenters. The summed E-state index contributed by atoms with van der Waals surface area (Å²) in [5, 5.41) is 2.75. The summed E-state index contributed by atoms with van der Waals surface area (Å²) >= 11 is 1.52. The first-order valence-electron chi connectivity index (χ1n) is 10.5. The maximum absolute atomic E-state index is 13.3. The number of nitrogens with one attached hydrogen (secondary N) is 1. The lowest BCUT2D eigenvalue weighted by molar-refractivity contribution is -0.147. The van der Waals surface area contributed by atoms with Crippen LogP contribution in [0.15, 0.2) is 59.5 Å². The number of benzene rings is 2. The molecule has 1 aliphatic rings. The lowest BCUT2D eigenvalue weighted by atomic mass is 10.1. The second-order valence-electron chi connectivity index (χ2n) is 7.52. The molecule has 1 aliphatic heterocycles. The number of ether oxygens (including phenoxy) is 1. The second kappa shape index (κ2) is 11.0. The molecule has 7 nitrogen and oxygen atoms in total. The average Bonchev–Trinajstić information content (AvgIpc) is 2.79. The fourth-order valence-corrected chi connectivity index (χ4v) is 6.33. The van der Waals surface area contributed by atoms with Crippen molar-refractivity contribution in [1.29, 1.82) is 0 Å². The number of nitrogens with zero attached hydrogens (tertiary/aromatic N) is 1. The summed E-state index contributed by atoms with van der Waals surface area (Å²) in [6, 6.07) is 14.1. The van der Waals surface area contributed by atoms with E-state index < -0.39 is 34.0 Å². The van der Waals surface area contributed by atoms with E-state index in [-0.39, 0.29) is 24.5 Å². The van der Waals surface area contributed by atoms with Gasteiger partial charge in [0.1, 0.15) is 12.1 Å². The molecule has 1 saturated heterocycles. The van der Waals surface area contributed by atoms with Crippen LogP contribution in [0.1, 0.15) is 18.1 Å². The van der Waals surface area contributed by atoms with Crippen LogP contribution in [0, 0.1) is 6.92 Å². The number of hydrogen-bond donors (Lipinski definition) is 1. The predicted molar refractivity (Wildman–Crippen MR) is 125 cm³/mol. The van der Waals surface area contributed by atoms with Gasteiger partial charge in [0.2, 0.25) is 15.9 Å². The monoisotopic (exact) mass is 476 g/mol. The third kappa shape index (κ3) is 5.90. The van der Waals surface area contributed by atoms with Crippen LogP contribution >= 0.6 is 11.8 Å². The zero-order valence-electron chi connectivity index (χ0n) is 18.2. The molecule has 0 spiro atoms. The van der Waals surface area contributed by atoms with Crippen LogP contribution in [0.4, 0.5) is 0 Å². The predicted octanol–water partition coefficient (Wildman–Crippen LogP) is 2.39. The number of carbonyl (C=O) groups excluding carboxylic acids is 2. The van der Waals surface area contributed by atoms with E-state index in [0.717, 1.165) is 11.1 Å². The molecule has 0 aromatic heterocycles.